The van der Waals surface area contributed by atoms with Gasteiger partial charge in [-0.3, -0.25) is 0 Å². The molecule has 1 heterocycles. The lowest BCUT2D eigenvalue weighted by Crippen LogP contribution is -2.24. The molecule has 2 aromatic rings. The van der Waals surface area contributed by atoms with Gasteiger partial charge in [-0.05, 0) is 36.2 Å². The summed E-state index contributed by atoms with van der Waals surface area (Å²) in [5.74, 6) is 0.125. The molecule has 0 fully saturated rings. The molecule has 1 unspecified atom stereocenters. The van der Waals surface area contributed by atoms with Crippen LogP contribution in [0.3, 0.4) is 0 Å². The molecular formula is C15H13Cl2NO2S. The molecule has 0 aliphatic carbocycles. The van der Waals surface area contributed by atoms with E-state index in [1.165, 1.54) is 0 Å². The molecule has 1 aliphatic heterocycles. The van der Waals surface area contributed by atoms with Gasteiger partial charge in [-0.15, -0.1) is 0 Å². The van der Waals surface area contributed by atoms with E-state index in [0.717, 1.165) is 5.56 Å². The summed E-state index contributed by atoms with van der Waals surface area (Å²) in [5.41, 5.74) is 1.49. The normalized spacial score (nSPS) is 19.8. The third-order valence-electron chi connectivity index (χ3n) is 3.56. The van der Waals surface area contributed by atoms with Crippen molar-refractivity contribution in [3.8, 4) is 0 Å². The Hall–Kier alpha value is -1.23. The number of anilines is 1. The zero-order valence-electron chi connectivity index (χ0n) is 11.0. The van der Waals surface area contributed by atoms with Crippen LogP contribution in [-0.2, 0) is 9.84 Å². The van der Waals surface area contributed by atoms with E-state index >= 15 is 0 Å². The number of benzene rings is 2. The van der Waals surface area contributed by atoms with Crippen LogP contribution in [0, 0.1) is 0 Å². The van der Waals surface area contributed by atoms with E-state index in [4.69, 9.17) is 23.2 Å². The van der Waals surface area contributed by atoms with Crippen molar-refractivity contribution in [1.82, 2.24) is 0 Å². The van der Waals surface area contributed by atoms with Crippen LogP contribution in [0.25, 0.3) is 0 Å². The fourth-order valence-electron chi connectivity index (χ4n) is 2.54. The van der Waals surface area contributed by atoms with Gasteiger partial charge in [0.1, 0.15) is 0 Å². The van der Waals surface area contributed by atoms with Crippen molar-refractivity contribution in [2.24, 2.45) is 0 Å². The van der Waals surface area contributed by atoms with Gasteiger partial charge in [0.25, 0.3) is 0 Å². The molecule has 6 heteroatoms. The number of fused-ring (bicyclic) bond motifs is 1. The van der Waals surface area contributed by atoms with Crippen molar-refractivity contribution in [2.75, 3.05) is 11.1 Å². The van der Waals surface area contributed by atoms with E-state index in [1.54, 1.807) is 30.3 Å². The SMILES string of the molecule is O=S1(=O)CCC(Nc2cc(Cl)ccc2Cl)c2ccccc21. The maximum Gasteiger partial charge on any atom is 0.178 e. The first kappa shape index (κ1) is 14.7. The third kappa shape index (κ3) is 2.89. The van der Waals surface area contributed by atoms with Gasteiger partial charge in [0, 0.05) is 5.02 Å². The summed E-state index contributed by atoms with van der Waals surface area (Å²) in [6.07, 6.45) is 0.502. The quantitative estimate of drug-likeness (QED) is 0.884. The van der Waals surface area contributed by atoms with Crippen molar-refractivity contribution >= 4 is 38.7 Å². The van der Waals surface area contributed by atoms with Gasteiger partial charge >= 0.3 is 0 Å². The van der Waals surface area contributed by atoms with Gasteiger partial charge in [-0.25, -0.2) is 8.42 Å². The first-order valence-corrected chi connectivity index (χ1v) is 8.91. The first-order chi connectivity index (χ1) is 9.97. The van der Waals surface area contributed by atoms with Crippen LogP contribution in [0.1, 0.15) is 18.0 Å². The highest BCUT2D eigenvalue weighted by Gasteiger charge is 2.30. The van der Waals surface area contributed by atoms with E-state index < -0.39 is 9.84 Å². The van der Waals surface area contributed by atoms with E-state index in [1.807, 2.05) is 12.1 Å². The summed E-state index contributed by atoms with van der Waals surface area (Å²) in [7, 11) is -3.18. The molecule has 0 radical (unpaired) electrons. The number of rotatable bonds is 2. The smallest absolute Gasteiger partial charge is 0.178 e. The second kappa shape index (κ2) is 5.52. The number of hydrogen-bond acceptors (Lipinski definition) is 3. The molecule has 0 amide bonds. The fourth-order valence-corrected chi connectivity index (χ4v) is 4.50. The number of halogens is 2. The second-order valence-electron chi connectivity index (χ2n) is 4.97. The van der Waals surface area contributed by atoms with E-state index in [2.05, 4.69) is 5.32 Å². The topological polar surface area (TPSA) is 46.2 Å². The number of hydrogen-bond donors (Lipinski definition) is 1. The molecule has 3 rings (SSSR count). The monoisotopic (exact) mass is 341 g/mol. The standard InChI is InChI=1S/C15H13Cl2NO2S/c16-10-5-6-12(17)14(9-10)18-13-7-8-21(19,20)15-4-2-1-3-11(13)15/h1-6,9,13,18H,7-8H2. The predicted octanol–water partition coefficient (Wildman–Crippen LogP) is 4.32. The molecule has 2 aromatic carbocycles. The predicted molar refractivity (Wildman–Crippen MR) is 85.9 cm³/mol. The Morgan fingerprint density at radius 2 is 1.86 bits per heavy atom. The van der Waals surface area contributed by atoms with Crippen molar-refractivity contribution in [2.45, 2.75) is 17.4 Å². The fraction of sp³-hybridized carbons (Fsp3) is 0.200. The summed E-state index contributed by atoms with van der Waals surface area (Å²) < 4.78 is 24.2. The van der Waals surface area contributed by atoms with Crippen LogP contribution >= 0.6 is 23.2 Å². The van der Waals surface area contributed by atoms with Crippen LogP contribution in [0.15, 0.2) is 47.4 Å². The van der Waals surface area contributed by atoms with Crippen LogP contribution < -0.4 is 5.32 Å². The van der Waals surface area contributed by atoms with Gasteiger partial charge in [-0.1, -0.05) is 41.4 Å². The Bertz CT molecular complexity index is 790. The van der Waals surface area contributed by atoms with E-state index in [-0.39, 0.29) is 11.8 Å². The second-order valence-corrected chi connectivity index (χ2v) is 7.89. The zero-order chi connectivity index (χ0) is 15.0. The van der Waals surface area contributed by atoms with Crippen molar-refractivity contribution in [3.05, 3.63) is 58.1 Å². The Morgan fingerprint density at radius 1 is 1.10 bits per heavy atom. The maximum absolute atomic E-state index is 12.1. The Morgan fingerprint density at radius 3 is 2.67 bits per heavy atom. The van der Waals surface area contributed by atoms with Crippen LogP contribution in [0.4, 0.5) is 5.69 Å². The molecule has 21 heavy (non-hydrogen) atoms. The highest BCUT2D eigenvalue weighted by atomic mass is 35.5. The first-order valence-electron chi connectivity index (χ1n) is 6.51. The summed E-state index contributed by atoms with van der Waals surface area (Å²) in [5, 5.41) is 4.45. The average Bonchev–Trinajstić information content (AvgIpc) is 2.46. The highest BCUT2D eigenvalue weighted by molar-refractivity contribution is 7.91. The molecule has 1 atom stereocenters. The zero-order valence-corrected chi connectivity index (χ0v) is 13.3. The van der Waals surface area contributed by atoms with E-state index in [9.17, 15) is 8.42 Å². The van der Waals surface area contributed by atoms with Crippen molar-refractivity contribution in [3.63, 3.8) is 0 Å². The molecule has 110 valence electrons. The number of nitrogens with one attached hydrogen (secondary N) is 1. The van der Waals surface area contributed by atoms with Gasteiger partial charge in [0.2, 0.25) is 0 Å². The molecule has 0 saturated heterocycles. The summed E-state index contributed by atoms with van der Waals surface area (Å²) in [4.78, 5) is 0.395. The molecular weight excluding hydrogens is 329 g/mol. The minimum atomic E-state index is -3.18. The molecule has 0 spiro atoms. The lowest BCUT2D eigenvalue weighted by Gasteiger charge is -2.27. The minimum Gasteiger partial charge on any atom is -0.377 e. The third-order valence-corrected chi connectivity index (χ3v) is 5.94. The molecule has 0 bridgehead atoms. The highest BCUT2D eigenvalue weighted by Crippen LogP contribution is 2.36. The lowest BCUT2D eigenvalue weighted by atomic mass is 10.0. The lowest BCUT2D eigenvalue weighted by molar-refractivity contribution is 0.576. The summed E-state index contributed by atoms with van der Waals surface area (Å²) in [6.45, 7) is 0. The summed E-state index contributed by atoms with van der Waals surface area (Å²) >= 11 is 12.1. The van der Waals surface area contributed by atoms with Crippen molar-refractivity contribution in [1.29, 1.82) is 0 Å². The van der Waals surface area contributed by atoms with Crippen LogP contribution in [0.2, 0.25) is 10.0 Å². The van der Waals surface area contributed by atoms with Gasteiger partial charge in [0.15, 0.2) is 9.84 Å². The Kier molecular flexibility index (Phi) is 3.86. The van der Waals surface area contributed by atoms with Crippen LogP contribution in [0.5, 0.6) is 0 Å². The van der Waals surface area contributed by atoms with Gasteiger partial charge < -0.3 is 5.32 Å². The number of sulfone groups is 1. The van der Waals surface area contributed by atoms with Gasteiger partial charge in [-0.2, -0.15) is 0 Å². The Labute approximate surface area is 133 Å². The van der Waals surface area contributed by atoms with E-state index in [0.29, 0.717) is 27.0 Å². The van der Waals surface area contributed by atoms with Gasteiger partial charge in [0.05, 0.1) is 27.4 Å². The van der Waals surface area contributed by atoms with Crippen molar-refractivity contribution < 1.29 is 8.42 Å². The average molecular weight is 342 g/mol. The molecule has 0 aromatic heterocycles. The largest absolute Gasteiger partial charge is 0.377 e. The molecule has 0 saturated carbocycles. The minimum absolute atomic E-state index is 0.0966. The summed E-state index contributed by atoms with van der Waals surface area (Å²) in [6, 6.07) is 12.2. The molecule has 3 nitrogen and oxygen atoms in total. The molecule has 1 N–H and O–H groups in total. The maximum atomic E-state index is 12.1. The van der Waals surface area contributed by atoms with Crippen LogP contribution in [-0.4, -0.2) is 14.2 Å². The molecule has 1 aliphatic rings. The Balaban J connectivity index is 1.99.